The van der Waals surface area contributed by atoms with E-state index in [4.69, 9.17) is 10.5 Å². The van der Waals surface area contributed by atoms with Gasteiger partial charge in [0.05, 0.1) is 12.8 Å². The minimum atomic E-state index is 0. The number of halogens is 1. The summed E-state index contributed by atoms with van der Waals surface area (Å²) in [4.78, 5) is 4.29. The summed E-state index contributed by atoms with van der Waals surface area (Å²) < 4.78 is 5.23. The normalized spacial score (nSPS) is 10.7. The molecule has 0 aliphatic rings. The molecule has 0 aliphatic carbocycles. The lowest BCUT2D eigenvalue weighted by molar-refractivity contribution is 0.417. The van der Waals surface area contributed by atoms with E-state index in [0.717, 1.165) is 24.4 Å². The first-order chi connectivity index (χ1) is 8.77. The van der Waals surface area contributed by atoms with E-state index < -0.39 is 0 Å². The second kappa shape index (κ2) is 11.2. The van der Waals surface area contributed by atoms with Crippen LogP contribution >= 0.6 is 35.7 Å². The molecule has 0 unspecified atom stereocenters. The Labute approximate surface area is 136 Å². The molecule has 19 heavy (non-hydrogen) atoms. The first kappa shape index (κ1) is 18.4. The molecule has 0 heterocycles. The molecular weight excluding hydrogens is 373 g/mol. The molecule has 0 atom stereocenters. The second-order valence-corrected chi connectivity index (χ2v) is 4.78. The Bertz CT molecular complexity index is 388. The Kier molecular flexibility index (Phi) is 10.8. The van der Waals surface area contributed by atoms with Gasteiger partial charge in [-0.15, -0.1) is 24.0 Å². The van der Waals surface area contributed by atoms with Crippen molar-refractivity contribution in [3.63, 3.8) is 0 Å². The number of nitrogens with one attached hydrogen (secondary N) is 1. The number of ether oxygens (including phenoxy) is 1. The molecule has 0 aromatic heterocycles. The molecule has 0 aliphatic heterocycles. The van der Waals surface area contributed by atoms with Crippen molar-refractivity contribution in [1.82, 2.24) is 0 Å². The second-order valence-electron chi connectivity index (χ2n) is 3.79. The highest BCUT2D eigenvalue weighted by atomic mass is 127. The van der Waals surface area contributed by atoms with Crippen LogP contribution in [0.15, 0.2) is 29.3 Å². The van der Waals surface area contributed by atoms with Crippen molar-refractivity contribution in [2.45, 2.75) is 12.8 Å². The van der Waals surface area contributed by atoms with Gasteiger partial charge in [-0.1, -0.05) is 12.1 Å². The minimum absolute atomic E-state index is 0. The Morgan fingerprint density at radius 2 is 2.11 bits per heavy atom. The third-order valence-electron chi connectivity index (χ3n) is 2.41. The van der Waals surface area contributed by atoms with Crippen LogP contribution < -0.4 is 15.8 Å². The van der Waals surface area contributed by atoms with Gasteiger partial charge >= 0.3 is 0 Å². The number of nitrogens with zero attached hydrogens (tertiary/aromatic N) is 1. The van der Waals surface area contributed by atoms with Crippen LogP contribution in [0.2, 0.25) is 0 Å². The predicted octanol–water partition coefficient (Wildman–Crippen LogP) is 3.18. The van der Waals surface area contributed by atoms with E-state index in [1.54, 1.807) is 7.11 Å². The van der Waals surface area contributed by atoms with Crippen LogP contribution in [-0.4, -0.2) is 31.6 Å². The zero-order chi connectivity index (χ0) is 13.2. The smallest absolute Gasteiger partial charge is 0.193 e. The number of methoxy groups -OCH3 is 1. The van der Waals surface area contributed by atoms with Crippen LogP contribution in [0.3, 0.4) is 0 Å². The summed E-state index contributed by atoms with van der Waals surface area (Å²) in [6, 6.07) is 7.64. The predicted molar refractivity (Wildman–Crippen MR) is 96.1 cm³/mol. The molecule has 1 aromatic carbocycles. The molecule has 0 saturated carbocycles. The van der Waals surface area contributed by atoms with E-state index in [-0.39, 0.29) is 24.0 Å². The van der Waals surface area contributed by atoms with Gasteiger partial charge in [-0.25, -0.2) is 0 Å². The minimum Gasteiger partial charge on any atom is -0.495 e. The number of benzene rings is 1. The number of nitrogens with two attached hydrogens (primary N) is 1. The lowest BCUT2D eigenvalue weighted by atomic mass is 10.3. The van der Waals surface area contributed by atoms with E-state index in [0.29, 0.717) is 5.96 Å². The van der Waals surface area contributed by atoms with E-state index >= 15 is 0 Å². The Morgan fingerprint density at radius 3 is 2.79 bits per heavy atom. The van der Waals surface area contributed by atoms with Gasteiger partial charge in [0.1, 0.15) is 5.75 Å². The maximum absolute atomic E-state index is 5.82. The molecule has 3 N–H and O–H groups in total. The van der Waals surface area contributed by atoms with Crippen molar-refractivity contribution < 1.29 is 4.74 Å². The molecule has 0 spiro atoms. The highest BCUT2D eigenvalue weighted by Crippen LogP contribution is 2.22. The van der Waals surface area contributed by atoms with Gasteiger partial charge in [-0.3, -0.25) is 4.99 Å². The molecule has 0 bridgehead atoms. The third-order valence-corrected chi connectivity index (χ3v) is 3.11. The van der Waals surface area contributed by atoms with Crippen LogP contribution in [0.5, 0.6) is 5.75 Å². The molecule has 1 aromatic rings. The summed E-state index contributed by atoms with van der Waals surface area (Å²) in [5.41, 5.74) is 6.66. The molecular formula is C13H22IN3OS. The van der Waals surface area contributed by atoms with Gasteiger partial charge in [-0.05, 0) is 37.0 Å². The third kappa shape index (κ3) is 7.51. The maximum Gasteiger partial charge on any atom is 0.193 e. The Hall–Kier alpha value is -0.630. The van der Waals surface area contributed by atoms with Gasteiger partial charge in [0.2, 0.25) is 0 Å². The molecule has 4 nitrogen and oxygen atoms in total. The number of aliphatic imine (C=N–C) groups is 1. The fourth-order valence-corrected chi connectivity index (χ4v) is 1.98. The average molecular weight is 395 g/mol. The van der Waals surface area contributed by atoms with Crippen LogP contribution in [0.25, 0.3) is 0 Å². The van der Waals surface area contributed by atoms with Gasteiger partial charge in [0, 0.05) is 6.54 Å². The Morgan fingerprint density at radius 1 is 1.37 bits per heavy atom. The summed E-state index contributed by atoms with van der Waals surface area (Å²) in [7, 11) is 1.64. The highest BCUT2D eigenvalue weighted by Gasteiger charge is 2.01. The van der Waals surface area contributed by atoms with Crippen LogP contribution in [0, 0.1) is 0 Å². The number of hydrogen-bond acceptors (Lipinski definition) is 3. The highest BCUT2D eigenvalue weighted by molar-refractivity contribution is 14.0. The maximum atomic E-state index is 5.82. The van der Waals surface area contributed by atoms with Gasteiger partial charge in [-0.2, -0.15) is 11.8 Å². The molecule has 0 amide bonds. The van der Waals surface area contributed by atoms with E-state index in [1.165, 1.54) is 12.2 Å². The van der Waals surface area contributed by atoms with Gasteiger partial charge < -0.3 is 15.8 Å². The zero-order valence-corrected chi connectivity index (χ0v) is 14.5. The first-order valence-corrected chi connectivity index (χ1v) is 7.36. The SMILES string of the molecule is COc1ccccc1NC(N)=NCCCCSC.I. The van der Waals surface area contributed by atoms with Gasteiger partial charge in [0.25, 0.3) is 0 Å². The molecule has 1 rings (SSSR count). The van der Waals surface area contributed by atoms with Crippen molar-refractivity contribution in [3.8, 4) is 5.75 Å². The fraction of sp³-hybridized carbons (Fsp3) is 0.462. The fourth-order valence-electron chi connectivity index (χ4n) is 1.48. The van der Waals surface area contributed by atoms with E-state index in [1.807, 2.05) is 36.0 Å². The topological polar surface area (TPSA) is 59.6 Å². The average Bonchev–Trinajstić information content (AvgIpc) is 2.39. The number of rotatable bonds is 7. The van der Waals surface area contributed by atoms with Crippen molar-refractivity contribution in [2.75, 3.05) is 31.0 Å². The monoisotopic (exact) mass is 395 g/mol. The molecule has 6 heteroatoms. The summed E-state index contributed by atoms with van der Waals surface area (Å²) in [6.07, 6.45) is 4.35. The zero-order valence-electron chi connectivity index (χ0n) is 11.4. The van der Waals surface area contributed by atoms with Gasteiger partial charge in [0.15, 0.2) is 5.96 Å². The van der Waals surface area contributed by atoms with Crippen LogP contribution in [0.1, 0.15) is 12.8 Å². The summed E-state index contributed by atoms with van der Waals surface area (Å²) in [5.74, 6) is 2.37. The molecule has 0 radical (unpaired) electrons. The Balaban J connectivity index is 0.00000324. The number of unbranched alkanes of at least 4 members (excludes halogenated alkanes) is 1. The summed E-state index contributed by atoms with van der Waals surface area (Å²) in [6.45, 7) is 0.758. The van der Waals surface area contributed by atoms with Crippen molar-refractivity contribution in [2.24, 2.45) is 10.7 Å². The van der Waals surface area contributed by atoms with E-state index in [2.05, 4.69) is 16.6 Å². The standard InChI is InChI=1S/C13H21N3OS.HI/c1-17-12-8-4-3-7-11(12)16-13(14)15-9-5-6-10-18-2;/h3-4,7-8H,5-6,9-10H2,1-2H3,(H3,14,15,16);1H. The van der Waals surface area contributed by atoms with E-state index in [9.17, 15) is 0 Å². The van der Waals surface area contributed by atoms with Crippen molar-refractivity contribution >= 4 is 47.4 Å². The number of guanidine groups is 1. The lowest BCUT2D eigenvalue weighted by Crippen LogP contribution is -2.23. The summed E-state index contributed by atoms with van der Waals surface area (Å²) in [5, 5.41) is 3.05. The molecule has 0 fully saturated rings. The largest absolute Gasteiger partial charge is 0.495 e. The first-order valence-electron chi connectivity index (χ1n) is 5.97. The molecule has 108 valence electrons. The quantitative estimate of drug-likeness (QED) is 0.322. The number of hydrogen-bond donors (Lipinski definition) is 2. The summed E-state index contributed by atoms with van der Waals surface area (Å²) >= 11 is 1.86. The number of para-hydroxylation sites is 2. The van der Waals surface area contributed by atoms with Crippen molar-refractivity contribution in [1.29, 1.82) is 0 Å². The number of anilines is 1. The van der Waals surface area contributed by atoms with Crippen molar-refractivity contribution in [3.05, 3.63) is 24.3 Å². The lowest BCUT2D eigenvalue weighted by Gasteiger charge is -2.09. The number of thioether (sulfide) groups is 1. The van der Waals surface area contributed by atoms with Crippen LogP contribution in [0.4, 0.5) is 5.69 Å². The van der Waals surface area contributed by atoms with Crippen LogP contribution in [-0.2, 0) is 0 Å². The molecule has 0 saturated heterocycles.